The molecule has 4 aromatic rings. The zero-order valence-electron chi connectivity index (χ0n) is 19.6. The fourth-order valence-corrected chi connectivity index (χ4v) is 3.83. The molecule has 0 aliphatic rings. The molecule has 182 valence electrons. The summed E-state index contributed by atoms with van der Waals surface area (Å²) in [5.41, 5.74) is 1.94. The van der Waals surface area contributed by atoms with E-state index in [1.165, 1.54) is 0 Å². The summed E-state index contributed by atoms with van der Waals surface area (Å²) in [5, 5.41) is 3.52. The van der Waals surface area contributed by atoms with Gasteiger partial charge in [0.2, 0.25) is 0 Å². The van der Waals surface area contributed by atoms with Gasteiger partial charge in [0.15, 0.2) is 18.1 Å². The molecule has 0 saturated carbocycles. The van der Waals surface area contributed by atoms with Gasteiger partial charge >= 0.3 is 0 Å². The summed E-state index contributed by atoms with van der Waals surface area (Å²) in [6.07, 6.45) is 0.580. The number of halogens is 1. The number of nitrogens with one attached hydrogen (secondary N) is 1. The maximum absolute atomic E-state index is 12.2. The minimum absolute atomic E-state index is 0.0644. The number of carbonyl (C=O) groups excluding carboxylic acids is 1. The summed E-state index contributed by atoms with van der Waals surface area (Å²) in [5.74, 6) is 2.73. The maximum atomic E-state index is 12.2. The second kappa shape index (κ2) is 12.1. The molecule has 0 atom stereocenters. The van der Waals surface area contributed by atoms with E-state index in [0.29, 0.717) is 49.2 Å². The molecule has 0 spiro atoms. The summed E-state index contributed by atoms with van der Waals surface area (Å²) in [6.45, 7) is 3.98. The van der Waals surface area contributed by atoms with Gasteiger partial charge in [0.05, 0.1) is 24.2 Å². The Morgan fingerprint density at radius 1 is 0.943 bits per heavy atom. The third kappa shape index (κ3) is 6.67. The molecular weight excluding hydrogens is 466 g/mol. The number of carbonyl (C=O) groups is 1. The Labute approximate surface area is 209 Å². The number of amides is 1. The lowest BCUT2D eigenvalue weighted by Crippen LogP contribution is -2.31. The molecule has 8 heteroatoms. The number of nitrogens with zero attached hydrogens (tertiary/aromatic N) is 2. The van der Waals surface area contributed by atoms with Gasteiger partial charge in [-0.15, -0.1) is 0 Å². The molecule has 4 rings (SSSR count). The second-order valence-electron chi connectivity index (χ2n) is 7.74. The lowest BCUT2D eigenvalue weighted by Gasteiger charge is -2.14. The molecule has 0 aliphatic heterocycles. The van der Waals surface area contributed by atoms with E-state index in [1.807, 2.05) is 55.5 Å². The molecule has 0 aliphatic carbocycles. The van der Waals surface area contributed by atoms with Gasteiger partial charge in [0, 0.05) is 18.0 Å². The van der Waals surface area contributed by atoms with Crippen LogP contribution < -0.4 is 19.5 Å². The topological polar surface area (TPSA) is 74.6 Å². The number of hydrogen-bond donors (Lipinski definition) is 1. The summed E-state index contributed by atoms with van der Waals surface area (Å²) < 4.78 is 19.3. The lowest BCUT2D eigenvalue weighted by molar-refractivity contribution is -0.123. The lowest BCUT2D eigenvalue weighted by atomic mass is 10.3. The number of ether oxygens (including phenoxy) is 3. The Morgan fingerprint density at radius 3 is 2.43 bits per heavy atom. The first kappa shape index (κ1) is 24.4. The van der Waals surface area contributed by atoms with Gasteiger partial charge in [-0.25, -0.2) is 4.98 Å². The highest BCUT2D eigenvalue weighted by molar-refractivity contribution is 6.30. The fraction of sp³-hybridized carbons (Fsp3) is 0.259. The molecule has 1 heterocycles. The van der Waals surface area contributed by atoms with Gasteiger partial charge < -0.3 is 24.1 Å². The van der Waals surface area contributed by atoms with Crippen LogP contribution in [0.25, 0.3) is 11.0 Å². The van der Waals surface area contributed by atoms with Crippen molar-refractivity contribution in [1.82, 2.24) is 14.9 Å². The molecule has 0 saturated heterocycles. The van der Waals surface area contributed by atoms with Crippen LogP contribution in [0.4, 0.5) is 0 Å². The van der Waals surface area contributed by atoms with Crippen molar-refractivity contribution in [2.75, 3.05) is 26.4 Å². The van der Waals surface area contributed by atoms with E-state index in [9.17, 15) is 4.79 Å². The number of rotatable bonds is 12. The summed E-state index contributed by atoms with van der Waals surface area (Å²) in [7, 11) is 0. The first-order chi connectivity index (χ1) is 17.1. The molecule has 3 aromatic carbocycles. The monoisotopic (exact) mass is 493 g/mol. The number of aromatic nitrogens is 2. The van der Waals surface area contributed by atoms with Crippen LogP contribution >= 0.6 is 11.6 Å². The van der Waals surface area contributed by atoms with Gasteiger partial charge in [-0.3, -0.25) is 4.79 Å². The van der Waals surface area contributed by atoms with Gasteiger partial charge in [0.25, 0.3) is 5.91 Å². The Morgan fingerprint density at radius 2 is 1.66 bits per heavy atom. The molecule has 1 aromatic heterocycles. The van der Waals surface area contributed by atoms with Crippen molar-refractivity contribution < 1.29 is 19.0 Å². The van der Waals surface area contributed by atoms with E-state index in [4.69, 9.17) is 30.8 Å². The molecule has 0 fully saturated rings. The molecule has 35 heavy (non-hydrogen) atoms. The van der Waals surface area contributed by atoms with E-state index in [1.54, 1.807) is 24.3 Å². The number of imidazole rings is 1. The van der Waals surface area contributed by atoms with Crippen molar-refractivity contribution in [3.05, 3.63) is 83.6 Å². The van der Waals surface area contributed by atoms with Crippen LogP contribution in [-0.2, 0) is 17.8 Å². The number of hydrogen-bond acceptors (Lipinski definition) is 5. The fourth-order valence-electron chi connectivity index (χ4n) is 3.70. The molecular formula is C27H28ClN3O4. The maximum Gasteiger partial charge on any atom is 0.257 e. The zero-order chi connectivity index (χ0) is 24.5. The largest absolute Gasteiger partial charge is 0.490 e. The van der Waals surface area contributed by atoms with Gasteiger partial charge in [0.1, 0.15) is 18.2 Å². The Hall–Kier alpha value is -3.71. The minimum Gasteiger partial charge on any atom is -0.490 e. The van der Waals surface area contributed by atoms with E-state index in [2.05, 4.69) is 9.88 Å². The highest BCUT2D eigenvalue weighted by Crippen LogP contribution is 2.26. The van der Waals surface area contributed by atoms with Crippen molar-refractivity contribution in [2.24, 2.45) is 0 Å². The van der Waals surface area contributed by atoms with Crippen LogP contribution in [-0.4, -0.2) is 41.8 Å². The third-order valence-electron chi connectivity index (χ3n) is 5.31. The summed E-state index contributed by atoms with van der Waals surface area (Å²) >= 11 is 5.87. The molecule has 0 bridgehead atoms. The molecule has 1 N–H and O–H groups in total. The normalized spacial score (nSPS) is 10.8. The Kier molecular flexibility index (Phi) is 8.46. The Bertz CT molecular complexity index is 1260. The van der Waals surface area contributed by atoms with E-state index >= 15 is 0 Å². The minimum atomic E-state index is -0.196. The smallest absolute Gasteiger partial charge is 0.257 e. The van der Waals surface area contributed by atoms with Crippen molar-refractivity contribution in [3.8, 4) is 17.2 Å². The van der Waals surface area contributed by atoms with Crippen LogP contribution in [0, 0.1) is 0 Å². The van der Waals surface area contributed by atoms with Crippen LogP contribution in [0.15, 0.2) is 72.8 Å². The van der Waals surface area contributed by atoms with Gasteiger partial charge in [-0.1, -0.05) is 35.9 Å². The third-order valence-corrected chi connectivity index (χ3v) is 5.56. The van der Waals surface area contributed by atoms with Crippen LogP contribution in [0.5, 0.6) is 17.2 Å². The first-order valence-electron chi connectivity index (χ1n) is 11.6. The summed E-state index contributed by atoms with van der Waals surface area (Å²) in [6, 6.07) is 22.5. The predicted octanol–water partition coefficient (Wildman–Crippen LogP) is 4.91. The summed E-state index contributed by atoms with van der Waals surface area (Å²) in [4.78, 5) is 17.0. The van der Waals surface area contributed by atoms with Gasteiger partial charge in [-0.2, -0.15) is 0 Å². The predicted molar refractivity (Wildman–Crippen MR) is 136 cm³/mol. The highest BCUT2D eigenvalue weighted by Gasteiger charge is 2.12. The molecule has 0 unspecified atom stereocenters. The Balaban J connectivity index is 1.34. The van der Waals surface area contributed by atoms with E-state index < -0.39 is 0 Å². The number of benzene rings is 3. The average Bonchev–Trinajstić information content (AvgIpc) is 3.22. The SMILES string of the molecule is CCOc1ccccc1OCCn1c(CCNC(=O)COc2ccc(Cl)cc2)nc2ccccc21. The van der Waals surface area contributed by atoms with Crippen LogP contribution in [0.2, 0.25) is 5.02 Å². The first-order valence-corrected chi connectivity index (χ1v) is 12.0. The van der Waals surface area contributed by atoms with Crippen molar-refractivity contribution in [2.45, 2.75) is 19.9 Å². The van der Waals surface area contributed by atoms with Gasteiger partial charge in [-0.05, 0) is 55.5 Å². The van der Waals surface area contributed by atoms with E-state index in [0.717, 1.165) is 22.6 Å². The zero-order valence-corrected chi connectivity index (χ0v) is 20.3. The number of fused-ring (bicyclic) bond motifs is 1. The van der Waals surface area contributed by atoms with Crippen molar-refractivity contribution in [3.63, 3.8) is 0 Å². The molecule has 7 nitrogen and oxygen atoms in total. The highest BCUT2D eigenvalue weighted by atomic mass is 35.5. The quantitative estimate of drug-likeness (QED) is 0.303. The standard InChI is InChI=1S/C27H28ClN3O4/c1-2-33-24-9-5-6-10-25(24)34-18-17-31-23-8-4-3-7-22(23)30-26(31)15-16-29-27(32)19-35-21-13-11-20(28)12-14-21/h3-14H,2,15-19H2,1H3,(H,29,32). The molecule has 1 amide bonds. The van der Waals surface area contributed by atoms with Crippen molar-refractivity contribution in [1.29, 1.82) is 0 Å². The van der Waals surface area contributed by atoms with E-state index in [-0.39, 0.29) is 12.5 Å². The van der Waals surface area contributed by atoms with Crippen molar-refractivity contribution >= 4 is 28.5 Å². The van der Waals surface area contributed by atoms with Crippen LogP contribution in [0.3, 0.4) is 0 Å². The molecule has 0 radical (unpaired) electrons. The van der Waals surface area contributed by atoms with Crippen LogP contribution in [0.1, 0.15) is 12.7 Å². The second-order valence-corrected chi connectivity index (χ2v) is 8.18. The average molecular weight is 494 g/mol. The number of para-hydroxylation sites is 4.